The molecule has 1 atom stereocenters. The van der Waals surface area contributed by atoms with E-state index in [9.17, 15) is 4.79 Å². The monoisotopic (exact) mass is 378 g/mol. The van der Waals surface area contributed by atoms with E-state index in [-0.39, 0.29) is 5.91 Å². The van der Waals surface area contributed by atoms with Gasteiger partial charge in [0.15, 0.2) is 0 Å². The molecular weight excluding hydrogens is 360 g/mol. The molecule has 0 bridgehead atoms. The summed E-state index contributed by atoms with van der Waals surface area (Å²) in [5.74, 6) is 0.144. The maximum absolute atomic E-state index is 12.3. The molecule has 0 spiro atoms. The van der Waals surface area contributed by atoms with Gasteiger partial charge >= 0.3 is 0 Å². The zero-order valence-electron chi connectivity index (χ0n) is 14.9. The normalized spacial score (nSPS) is 12.1. The number of benzene rings is 2. The summed E-state index contributed by atoms with van der Waals surface area (Å²) in [5.41, 5.74) is 3.57. The first-order chi connectivity index (χ1) is 13.1. The van der Waals surface area contributed by atoms with E-state index in [1.54, 1.807) is 31.3 Å². The SMILES string of the molecule is Cc1cc(NC(=O)[C@H](C)Nc2cccc(-c3nc4ccccc4s3)c2)on1. The van der Waals surface area contributed by atoms with Gasteiger partial charge in [0.05, 0.1) is 15.9 Å². The number of nitrogens with one attached hydrogen (secondary N) is 2. The molecule has 0 radical (unpaired) electrons. The van der Waals surface area contributed by atoms with E-state index in [1.807, 2.05) is 42.5 Å². The van der Waals surface area contributed by atoms with Crippen LogP contribution in [0.4, 0.5) is 11.6 Å². The number of hydrogen-bond donors (Lipinski definition) is 2. The van der Waals surface area contributed by atoms with E-state index in [0.29, 0.717) is 5.88 Å². The summed E-state index contributed by atoms with van der Waals surface area (Å²) in [5, 5.41) is 10.6. The number of fused-ring (bicyclic) bond motifs is 1. The smallest absolute Gasteiger partial charge is 0.248 e. The number of carbonyl (C=O) groups is 1. The molecule has 0 saturated heterocycles. The highest BCUT2D eigenvalue weighted by Crippen LogP contribution is 2.31. The fourth-order valence-corrected chi connectivity index (χ4v) is 3.67. The summed E-state index contributed by atoms with van der Waals surface area (Å²) in [6, 6.07) is 17.2. The maximum Gasteiger partial charge on any atom is 0.248 e. The molecule has 0 aliphatic rings. The quantitative estimate of drug-likeness (QED) is 0.526. The molecule has 2 aromatic carbocycles. The molecule has 27 heavy (non-hydrogen) atoms. The maximum atomic E-state index is 12.3. The van der Waals surface area contributed by atoms with Crippen LogP contribution in [-0.2, 0) is 4.79 Å². The summed E-state index contributed by atoms with van der Waals surface area (Å²) in [6.45, 7) is 3.59. The van der Waals surface area contributed by atoms with Gasteiger partial charge in [-0.3, -0.25) is 10.1 Å². The van der Waals surface area contributed by atoms with Gasteiger partial charge in [-0.05, 0) is 38.1 Å². The Balaban J connectivity index is 1.49. The first-order valence-corrected chi connectivity index (χ1v) is 9.37. The van der Waals surface area contributed by atoms with E-state index in [2.05, 4.69) is 26.8 Å². The summed E-state index contributed by atoms with van der Waals surface area (Å²) in [6.07, 6.45) is 0. The number of aryl methyl sites for hydroxylation is 1. The van der Waals surface area contributed by atoms with Gasteiger partial charge in [0.1, 0.15) is 11.0 Å². The van der Waals surface area contributed by atoms with Crippen molar-refractivity contribution in [1.29, 1.82) is 0 Å². The zero-order chi connectivity index (χ0) is 18.8. The molecule has 0 saturated carbocycles. The van der Waals surface area contributed by atoms with Crippen LogP contribution >= 0.6 is 11.3 Å². The van der Waals surface area contributed by atoms with Gasteiger partial charge in [0.25, 0.3) is 0 Å². The number of anilines is 2. The van der Waals surface area contributed by atoms with E-state index < -0.39 is 6.04 Å². The third-order valence-corrected chi connectivity index (χ3v) is 5.14. The second-order valence-corrected chi connectivity index (χ2v) is 7.29. The summed E-state index contributed by atoms with van der Waals surface area (Å²) in [4.78, 5) is 17.0. The predicted molar refractivity (Wildman–Crippen MR) is 108 cm³/mol. The molecule has 2 aromatic heterocycles. The number of para-hydroxylation sites is 1. The van der Waals surface area contributed by atoms with Crippen LogP contribution in [0.2, 0.25) is 0 Å². The first-order valence-electron chi connectivity index (χ1n) is 8.55. The Morgan fingerprint density at radius 3 is 2.78 bits per heavy atom. The Morgan fingerprint density at radius 2 is 2.00 bits per heavy atom. The average Bonchev–Trinajstić information content (AvgIpc) is 3.27. The van der Waals surface area contributed by atoms with Gasteiger partial charge in [-0.2, -0.15) is 0 Å². The molecule has 0 aliphatic heterocycles. The van der Waals surface area contributed by atoms with E-state index in [4.69, 9.17) is 4.52 Å². The highest BCUT2D eigenvalue weighted by atomic mass is 32.1. The standard InChI is InChI=1S/C20H18N4O2S/c1-12-10-18(26-24-12)23-19(25)13(2)21-15-7-5-6-14(11-15)20-22-16-8-3-4-9-17(16)27-20/h3-11,13,21H,1-2H3,(H,23,25)/t13-/m0/s1. The highest BCUT2D eigenvalue weighted by molar-refractivity contribution is 7.21. The van der Waals surface area contributed by atoms with Crippen molar-refractivity contribution in [2.75, 3.05) is 10.6 Å². The Bertz CT molecular complexity index is 1070. The largest absolute Gasteiger partial charge is 0.374 e. The van der Waals surface area contributed by atoms with Gasteiger partial charge in [0.2, 0.25) is 11.8 Å². The number of aromatic nitrogens is 2. The molecule has 0 unspecified atom stereocenters. The summed E-state index contributed by atoms with van der Waals surface area (Å²) in [7, 11) is 0. The lowest BCUT2D eigenvalue weighted by Crippen LogP contribution is -2.31. The van der Waals surface area contributed by atoms with Crippen molar-refractivity contribution in [2.45, 2.75) is 19.9 Å². The number of amides is 1. The van der Waals surface area contributed by atoms with Crippen molar-refractivity contribution in [3.8, 4) is 10.6 Å². The van der Waals surface area contributed by atoms with Crippen molar-refractivity contribution in [3.63, 3.8) is 0 Å². The molecule has 0 aliphatic carbocycles. The minimum Gasteiger partial charge on any atom is -0.374 e. The van der Waals surface area contributed by atoms with Crippen molar-refractivity contribution in [3.05, 3.63) is 60.3 Å². The van der Waals surface area contributed by atoms with Crippen LogP contribution < -0.4 is 10.6 Å². The molecule has 7 heteroatoms. The minimum absolute atomic E-state index is 0.198. The number of carbonyl (C=O) groups excluding carboxylic acids is 1. The molecule has 4 aromatic rings. The molecule has 136 valence electrons. The van der Waals surface area contributed by atoms with E-state index in [0.717, 1.165) is 32.2 Å². The minimum atomic E-state index is -0.443. The number of nitrogens with zero attached hydrogens (tertiary/aromatic N) is 2. The second-order valence-electron chi connectivity index (χ2n) is 6.26. The molecule has 1 amide bonds. The Hall–Kier alpha value is -3.19. The molecule has 2 heterocycles. The predicted octanol–water partition coefficient (Wildman–Crippen LogP) is 4.70. The first kappa shape index (κ1) is 17.2. The third kappa shape index (κ3) is 3.83. The highest BCUT2D eigenvalue weighted by Gasteiger charge is 2.15. The third-order valence-electron chi connectivity index (χ3n) is 4.05. The fourth-order valence-electron chi connectivity index (χ4n) is 2.71. The van der Waals surface area contributed by atoms with Crippen LogP contribution in [-0.4, -0.2) is 22.1 Å². The van der Waals surface area contributed by atoms with Crippen LogP contribution in [0.25, 0.3) is 20.8 Å². The molecule has 0 fully saturated rings. The van der Waals surface area contributed by atoms with Crippen molar-refractivity contribution in [2.24, 2.45) is 0 Å². The molecule has 6 nitrogen and oxygen atoms in total. The Kier molecular flexibility index (Phi) is 4.60. The van der Waals surface area contributed by atoms with E-state index >= 15 is 0 Å². The lowest BCUT2D eigenvalue weighted by molar-refractivity contribution is -0.116. The van der Waals surface area contributed by atoms with Gasteiger partial charge in [0, 0.05) is 17.3 Å². The van der Waals surface area contributed by atoms with Crippen molar-refractivity contribution in [1.82, 2.24) is 10.1 Å². The van der Waals surface area contributed by atoms with Crippen LogP contribution in [0.1, 0.15) is 12.6 Å². The molecule has 2 N–H and O–H groups in total. The van der Waals surface area contributed by atoms with Gasteiger partial charge in [-0.25, -0.2) is 4.98 Å². The number of rotatable bonds is 5. The molecule has 4 rings (SSSR count). The van der Waals surface area contributed by atoms with Gasteiger partial charge in [-0.1, -0.05) is 29.4 Å². The number of thiazole rings is 1. The van der Waals surface area contributed by atoms with Crippen LogP contribution in [0.15, 0.2) is 59.1 Å². The summed E-state index contributed by atoms with van der Waals surface area (Å²) < 4.78 is 6.18. The lowest BCUT2D eigenvalue weighted by Gasteiger charge is -2.14. The Morgan fingerprint density at radius 1 is 1.15 bits per heavy atom. The van der Waals surface area contributed by atoms with Crippen molar-refractivity contribution < 1.29 is 9.32 Å². The van der Waals surface area contributed by atoms with Gasteiger partial charge < -0.3 is 9.84 Å². The van der Waals surface area contributed by atoms with Crippen LogP contribution in [0.3, 0.4) is 0 Å². The molecular formula is C20H18N4O2S. The number of hydrogen-bond acceptors (Lipinski definition) is 6. The summed E-state index contributed by atoms with van der Waals surface area (Å²) >= 11 is 1.65. The van der Waals surface area contributed by atoms with E-state index in [1.165, 1.54) is 0 Å². The second kappa shape index (κ2) is 7.20. The lowest BCUT2D eigenvalue weighted by atomic mass is 10.2. The Labute approximate surface area is 160 Å². The van der Waals surface area contributed by atoms with Crippen molar-refractivity contribution >= 4 is 39.0 Å². The van der Waals surface area contributed by atoms with Crippen LogP contribution in [0, 0.1) is 6.92 Å². The average molecular weight is 378 g/mol. The van der Waals surface area contributed by atoms with Gasteiger partial charge in [-0.15, -0.1) is 11.3 Å². The zero-order valence-corrected chi connectivity index (χ0v) is 15.7. The van der Waals surface area contributed by atoms with Crippen LogP contribution in [0.5, 0.6) is 0 Å². The fraction of sp³-hybridized carbons (Fsp3) is 0.150. The topological polar surface area (TPSA) is 80.0 Å².